The van der Waals surface area contributed by atoms with E-state index in [9.17, 15) is 0 Å². The molecule has 7 heavy (non-hydrogen) atoms. The van der Waals surface area contributed by atoms with Gasteiger partial charge in [0.25, 0.3) is 0 Å². The largest absolute Gasteiger partial charge is 0.279 e. The molecule has 0 aliphatic carbocycles. The Morgan fingerprint density at radius 1 is 0.857 bits per heavy atom. The van der Waals surface area contributed by atoms with E-state index < -0.39 is 0 Å². The van der Waals surface area contributed by atoms with Gasteiger partial charge in [-0.25, -0.2) is 0 Å². The molecular formula is C4H13N2P. The van der Waals surface area contributed by atoms with Crippen molar-refractivity contribution < 1.29 is 0 Å². The smallest absolute Gasteiger partial charge is 0.0229 e. The van der Waals surface area contributed by atoms with E-state index >= 15 is 0 Å². The first-order valence-electron chi connectivity index (χ1n) is 2.24. The average molecular weight is 120 g/mol. The quantitative estimate of drug-likeness (QED) is 0.493. The van der Waals surface area contributed by atoms with Crippen LogP contribution < -0.4 is 0 Å². The van der Waals surface area contributed by atoms with Crippen molar-refractivity contribution in [1.29, 1.82) is 0 Å². The normalized spacial score (nSPS) is 11.1. The van der Waals surface area contributed by atoms with Crippen LogP contribution in [0.15, 0.2) is 0 Å². The fraction of sp³-hybridized carbons (Fsp3) is 1.00. The predicted molar refractivity (Wildman–Crippen MR) is 35.7 cm³/mol. The molecule has 2 nitrogen and oxygen atoms in total. The van der Waals surface area contributed by atoms with Crippen molar-refractivity contribution in [2.24, 2.45) is 0 Å². The van der Waals surface area contributed by atoms with Gasteiger partial charge in [-0.2, -0.15) is 0 Å². The zero-order valence-corrected chi connectivity index (χ0v) is 6.39. The van der Waals surface area contributed by atoms with Gasteiger partial charge in [0, 0.05) is 8.88 Å². The van der Waals surface area contributed by atoms with E-state index in [0.717, 1.165) is 8.88 Å². The fourth-order valence-corrected chi connectivity index (χ4v) is 1.20. The number of hydrogen-bond acceptors (Lipinski definition) is 2. The Kier molecular flexibility index (Phi) is 3.53. The third-order valence-corrected chi connectivity index (χ3v) is 1.20. The maximum Gasteiger partial charge on any atom is 0.0229 e. The highest BCUT2D eigenvalue weighted by molar-refractivity contribution is 7.32. The van der Waals surface area contributed by atoms with Crippen LogP contribution in [0.4, 0.5) is 0 Å². The number of rotatable bonds is 2. The van der Waals surface area contributed by atoms with Crippen LogP contribution in [0.25, 0.3) is 0 Å². The lowest BCUT2D eigenvalue weighted by Gasteiger charge is -2.14. The lowest BCUT2D eigenvalue weighted by atomic mass is 11.3. The van der Waals surface area contributed by atoms with Gasteiger partial charge in [-0.15, -0.1) is 0 Å². The zero-order chi connectivity index (χ0) is 5.86. The Morgan fingerprint density at radius 2 is 1.14 bits per heavy atom. The lowest BCUT2D eigenvalue weighted by Crippen LogP contribution is -2.07. The van der Waals surface area contributed by atoms with Gasteiger partial charge in [-0.1, -0.05) is 0 Å². The van der Waals surface area contributed by atoms with Gasteiger partial charge >= 0.3 is 0 Å². The van der Waals surface area contributed by atoms with Crippen molar-refractivity contribution in [3.8, 4) is 0 Å². The van der Waals surface area contributed by atoms with Crippen LogP contribution in [0.2, 0.25) is 0 Å². The van der Waals surface area contributed by atoms with Crippen LogP contribution >= 0.6 is 8.88 Å². The van der Waals surface area contributed by atoms with E-state index in [1.807, 2.05) is 0 Å². The third kappa shape index (κ3) is 6.35. The molecule has 3 heteroatoms. The highest BCUT2D eigenvalue weighted by Gasteiger charge is 1.87. The lowest BCUT2D eigenvalue weighted by molar-refractivity contribution is 0.596. The van der Waals surface area contributed by atoms with Crippen LogP contribution in [0.5, 0.6) is 0 Å². The van der Waals surface area contributed by atoms with Crippen LogP contribution in [-0.2, 0) is 0 Å². The Morgan fingerprint density at radius 3 is 1.14 bits per heavy atom. The maximum absolute atomic E-state index is 2.15. The predicted octanol–water partition coefficient (Wildman–Crippen LogP) is 0.618. The molecule has 0 amide bonds. The minimum Gasteiger partial charge on any atom is -0.279 e. The van der Waals surface area contributed by atoms with E-state index in [0.29, 0.717) is 0 Å². The van der Waals surface area contributed by atoms with Crippen molar-refractivity contribution in [2.75, 3.05) is 28.2 Å². The Hall–Kier alpha value is 0.350. The number of nitrogens with zero attached hydrogens (tertiary/aromatic N) is 2. The molecule has 0 unspecified atom stereocenters. The van der Waals surface area contributed by atoms with Crippen molar-refractivity contribution in [3.05, 3.63) is 0 Å². The summed E-state index contributed by atoms with van der Waals surface area (Å²) in [4.78, 5) is 0. The highest BCUT2D eigenvalue weighted by Crippen LogP contribution is 2.13. The van der Waals surface area contributed by atoms with Gasteiger partial charge < -0.3 is 0 Å². The average Bonchev–Trinajstić information content (AvgIpc) is 1.27. The molecule has 0 aromatic heterocycles. The molecule has 0 fully saturated rings. The summed E-state index contributed by atoms with van der Waals surface area (Å²) in [5.41, 5.74) is 0. The van der Waals surface area contributed by atoms with Crippen molar-refractivity contribution in [3.63, 3.8) is 0 Å². The molecule has 44 valence electrons. The topological polar surface area (TPSA) is 6.48 Å². The second-order valence-corrected chi connectivity index (χ2v) is 3.88. The number of hydrogen-bond donors (Lipinski definition) is 0. The molecule has 0 heterocycles. The van der Waals surface area contributed by atoms with Crippen molar-refractivity contribution in [1.82, 2.24) is 9.34 Å². The summed E-state index contributed by atoms with van der Waals surface area (Å²) in [6, 6.07) is 0. The standard InChI is InChI=1S/C4H13N2P/c1-5(2)7-6(3)4/h7H,1-4H3. The molecule has 0 N–H and O–H groups in total. The molecule has 0 saturated heterocycles. The molecule has 0 aliphatic rings. The SMILES string of the molecule is CN(C)PN(C)C. The second kappa shape index (κ2) is 3.36. The van der Waals surface area contributed by atoms with Crippen LogP contribution in [-0.4, -0.2) is 37.5 Å². The summed E-state index contributed by atoms with van der Waals surface area (Å²) in [5.74, 6) is 0. The van der Waals surface area contributed by atoms with Crippen molar-refractivity contribution >= 4 is 8.88 Å². The van der Waals surface area contributed by atoms with Crippen LogP contribution in [0.1, 0.15) is 0 Å². The molecular weight excluding hydrogens is 107 g/mol. The minimum atomic E-state index is 0.812. The van der Waals surface area contributed by atoms with Gasteiger partial charge in [0.05, 0.1) is 0 Å². The Balaban J connectivity index is 2.95. The molecule has 0 rings (SSSR count). The zero-order valence-electron chi connectivity index (χ0n) is 5.39. The van der Waals surface area contributed by atoms with Gasteiger partial charge in [0.15, 0.2) is 0 Å². The van der Waals surface area contributed by atoms with E-state index in [1.165, 1.54) is 0 Å². The van der Waals surface area contributed by atoms with Gasteiger partial charge in [0.1, 0.15) is 0 Å². The minimum absolute atomic E-state index is 0.812. The molecule has 0 aromatic carbocycles. The van der Waals surface area contributed by atoms with Gasteiger partial charge in [-0.3, -0.25) is 9.34 Å². The summed E-state index contributed by atoms with van der Waals surface area (Å²) in [6.45, 7) is 0. The summed E-state index contributed by atoms with van der Waals surface area (Å²) < 4.78 is 4.31. The fourth-order valence-electron chi connectivity index (χ4n) is 0.400. The van der Waals surface area contributed by atoms with Gasteiger partial charge in [0.2, 0.25) is 0 Å². The first-order chi connectivity index (χ1) is 3.13. The molecule has 0 bridgehead atoms. The molecule has 0 atom stereocenters. The first-order valence-corrected chi connectivity index (χ1v) is 3.13. The monoisotopic (exact) mass is 120 g/mol. The molecule has 0 spiro atoms. The third-order valence-electron chi connectivity index (χ3n) is 0.400. The van der Waals surface area contributed by atoms with Crippen LogP contribution in [0.3, 0.4) is 0 Å². The van der Waals surface area contributed by atoms with E-state index in [1.54, 1.807) is 0 Å². The second-order valence-electron chi connectivity index (χ2n) is 1.89. The Labute approximate surface area is 47.4 Å². The van der Waals surface area contributed by atoms with Gasteiger partial charge in [-0.05, 0) is 28.2 Å². The van der Waals surface area contributed by atoms with E-state index in [2.05, 4.69) is 37.5 Å². The Bertz CT molecular complexity index is 39.0. The van der Waals surface area contributed by atoms with E-state index in [4.69, 9.17) is 0 Å². The summed E-state index contributed by atoms with van der Waals surface area (Å²) in [7, 11) is 9.08. The molecule has 0 radical (unpaired) electrons. The molecule has 0 aliphatic heterocycles. The first kappa shape index (κ1) is 7.35. The summed E-state index contributed by atoms with van der Waals surface area (Å²) in [5, 5.41) is 0. The molecule has 0 saturated carbocycles. The summed E-state index contributed by atoms with van der Waals surface area (Å²) >= 11 is 0. The van der Waals surface area contributed by atoms with E-state index in [-0.39, 0.29) is 0 Å². The molecule has 0 aromatic rings. The van der Waals surface area contributed by atoms with Crippen LogP contribution in [0, 0.1) is 0 Å². The highest BCUT2D eigenvalue weighted by atomic mass is 31.1. The van der Waals surface area contributed by atoms with Crippen molar-refractivity contribution in [2.45, 2.75) is 0 Å². The summed E-state index contributed by atoms with van der Waals surface area (Å²) in [6.07, 6.45) is 0. The maximum atomic E-state index is 2.15.